The van der Waals surface area contributed by atoms with Crippen molar-refractivity contribution in [1.29, 1.82) is 0 Å². The Hall–Kier alpha value is -2.24. The van der Waals surface area contributed by atoms with Crippen LogP contribution in [0.5, 0.6) is 0 Å². The molecule has 0 bridgehead atoms. The number of benzene rings is 1. The molecule has 3 aromatic rings. The minimum Gasteiger partial charge on any atom is -0.336 e. The van der Waals surface area contributed by atoms with E-state index in [1.165, 1.54) is 0 Å². The van der Waals surface area contributed by atoms with Crippen LogP contribution in [0.3, 0.4) is 0 Å². The molecule has 1 aliphatic rings. The second-order valence-electron chi connectivity index (χ2n) is 6.69. The van der Waals surface area contributed by atoms with Gasteiger partial charge in [0.15, 0.2) is 0 Å². The largest absolute Gasteiger partial charge is 0.336 e. The van der Waals surface area contributed by atoms with Crippen LogP contribution >= 0.6 is 11.3 Å². The topological polar surface area (TPSA) is 59.2 Å². The predicted molar refractivity (Wildman–Crippen MR) is 103 cm³/mol. The number of carbonyl (C=O) groups excluding carboxylic acids is 1. The monoisotopic (exact) mass is 351 g/mol. The van der Waals surface area contributed by atoms with Crippen LogP contribution in [-0.2, 0) is 0 Å². The summed E-state index contributed by atoms with van der Waals surface area (Å²) >= 11 is 1.64. The Morgan fingerprint density at radius 3 is 2.88 bits per heavy atom. The van der Waals surface area contributed by atoms with Crippen molar-refractivity contribution in [3.05, 3.63) is 53.4 Å². The van der Waals surface area contributed by atoms with Crippen molar-refractivity contribution in [1.82, 2.24) is 9.88 Å². The summed E-state index contributed by atoms with van der Waals surface area (Å²) in [5.41, 5.74) is 8.28. The highest BCUT2D eigenvalue weighted by Gasteiger charge is 2.33. The molecule has 128 valence electrons. The van der Waals surface area contributed by atoms with Crippen LogP contribution in [-0.4, -0.2) is 34.9 Å². The SMILES string of the molecule is CC1CC(CN)CN1C(=O)c1cc(-c2cccs2)nc2ccccc12. The van der Waals surface area contributed by atoms with E-state index in [0.29, 0.717) is 12.5 Å². The lowest BCUT2D eigenvalue weighted by atomic mass is 10.1. The molecule has 4 rings (SSSR count). The maximum Gasteiger partial charge on any atom is 0.254 e. The van der Waals surface area contributed by atoms with Gasteiger partial charge in [0.25, 0.3) is 5.91 Å². The number of para-hydroxylation sites is 1. The van der Waals surface area contributed by atoms with Crippen molar-refractivity contribution >= 4 is 28.1 Å². The van der Waals surface area contributed by atoms with Gasteiger partial charge in [-0.05, 0) is 49.4 Å². The molecule has 0 radical (unpaired) electrons. The molecule has 2 aromatic heterocycles. The molecule has 3 heterocycles. The fourth-order valence-electron chi connectivity index (χ4n) is 3.65. The Morgan fingerprint density at radius 2 is 2.16 bits per heavy atom. The number of nitrogens with zero attached hydrogens (tertiary/aromatic N) is 2. The molecule has 1 amide bonds. The average Bonchev–Trinajstić information content (AvgIpc) is 3.30. The number of rotatable bonds is 3. The number of nitrogens with two attached hydrogens (primary N) is 1. The van der Waals surface area contributed by atoms with Gasteiger partial charge in [-0.1, -0.05) is 24.3 Å². The first-order valence-electron chi connectivity index (χ1n) is 8.62. The lowest BCUT2D eigenvalue weighted by Crippen LogP contribution is -2.34. The van der Waals surface area contributed by atoms with Crippen molar-refractivity contribution in [2.75, 3.05) is 13.1 Å². The maximum absolute atomic E-state index is 13.3. The van der Waals surface area contributed by atoms with Crippen molar-refractivity contribution in [2.45, 2.75) is 19.4 Å². The molecule has 2 unspecified atom stereocenters. The normalized spacial score (nSPS) is 20.3. The van der Waals surface area contributed by atoms with Crippen LogP contribution in [0.2, 0.25) is 0 Å². The molecule has 2 N–H and O–H groups in total. The number of fused-ring (bicyclic) bond motifs is 1. The molecule has 25 heavy (non-hydrogen) atoms. The van der Waals surface area contributed by atoms with E-state index in [9.17, 15) is 4.79 Å². The van der Waals surface area contributed by atoms with Gasteiger partial charge in [-0.25, -0.2) is 4.98 Å². The fourth-order valence-corrected chi connectivity index (χ4v) is 4.34. The Labute approximate surface area is 151 Å². The average molecular weight is 351 g/mol. The molecule has 1 aromatic carbocycles. The van der Waals surface area contributed by atoms with Crippen LogP contribution in [0.25, 0.3) is 21.5 Å². The van der Waals surface area contributed by atoms with Gasteiger partial charge in [-0.3, -0.25) is 4.79 Å². The maximum atomic E-state index is 13.3. The second-order valence-corrected chi connectivity index (χ2v) is 7.64. The molecule has 5 heteroatoms. The number of thiophene rings is 1. The Morgan fingerprint density at radius 1 is 1.32 bits per heavy atom. The molecule has 0 spiro atoms. The summed E-state index contributed by atoms with van der Waals surface area (Å²) in [6, 6.07) is 14.1. The summed E-state index contributed by atoms with van der Waals surface area (Å²) in [6.45, 7) is 3.48. The minimum absolute atomic E-state index is 0.0832. The fraction of sp³-hybridized carbons (Fsp3) is 0.300. The molecule has 0 aliphatic carbocycles. The molecule has 1 fully saturated rings. The molecule has 2 atom stereocenters. The van der Waals surface area contributed by atoms with Crippen molar-refractivity contribution in [2.24, 2.45) is 11.7 Å². The highest BCUT2D eigenvalue weighted by Crippen LogP contribution is 2.31. The third kappa shape index (κ3) is 2.94. The summed E-state index contributed by atoms with van der Waals surface area (Å²) in [7, 11) is 0. The van der Waals surface area contributed by atoms with Gasteiger partial charge in [-0.2, -0.15) is 0 Å². The summed E-state index contributed by atoms with van der Waals surface area (Å²) in [5.74, 6) is 0.476. The highest BCUT2D eigenvalue weighted by molar-refractivity contribution is 7.13. The number of aromatic nitrogens is 1. The van der Waals surface area contributed by atoms with Crippen molar-refractivity contribution in [3.63, 3.8) is 0 Å². The Bertz CT molecular complexity index is 906. The molecule has 1 saturated heterocycles. The van der Waals surface area contributed by atoms with Crippen molar-refractivity contribution in [3.8, 4) is 10.6 Å². The Kier molecular flexibility index (Phi) is 4.27. The van der Waals surface area contributed by atoms with Crippen molar-refractivity contribution < 1.29 is 4.79 Å². The highest BCUT2D eigenvalue weighted by atomic mass is 32.1. The first kappa shape index (κ1) is 16.2. The predicted octanol–water partition coefficient (Wildman–Crippen LogP) is 3.77. The van der Waals surface area contributed by atoms with E-state index in [1.807, 2.05) is 52.7 Å². The zero-order chi connectivity index (χ0) is 17.4. The Balaban J connectivity index is 1.81. The molecular formula is C20H21N3OS. The lowest BCUT2D eigenvalue weighted by Gasteiger charge is -2.22. The van der Waals surface area contributed by atoms with Gasteiger partial charge in [0.1, 0.15) is 0 Å². The smallest absolute Gasteiger partial charge is 0.254 e. The number of amides is 1. The minimum atomic E-state index is 0.0832. The van der Waals surface area contributed by atoms with E-state index < -0.39 is 0 Å². The van der Waals surface area contributed by atoms with Crippen LogP contribution in [0.1, 0.15) is 23.7 Å². The molecule has 1 aliphatic heterocycles. The zero-order valence-corrected chi connectivity index (χ0v) is 15.0. The van der Waals surface area contributed by atoms with Crippen LogP contribution in [0.15, 0.2) is 47.8 Å². The van der Waals surface area contributed by atoms with Crippen LogP contribution < -0.4 is 5.73 Å². The van der Waals surface area contributed by atoms with Gasteiger partial charge < -0.3 is 10.6 Å². The van der Waals surface area contributed by atoms with E-state index in [-0.39, 0.29) is 11.9 Å². The van der Waals surface area contributed by atoms with Gasteiger partial charge in [0.2, 0.25) is 0 Å². The summed E-state index contributed by atoms with van der Waals surface area (Å²) in [6.07, 6.45) is 0.975. The first-order chi connectivity index (χ1) is 12.2. The quantitative estimate of drug-likeness (QED) is 0.781. The summed E-state index contributed by atoms with van der Waals surface area (Å²) in [4.78, 5) is 21.1. The summed E-state index contributed by atoms with van der Waals surface area (Å²) < 4.78 is 0. The molecule has 0 saturated carbocycles. The third-order valence-electron chi connectivity index (χ3n) is 4.98. The second kappa shape index (κ2) is 6.58. The van der Waals surface area contributed by atoms with Gasteiger partial charge in [0, 0.05) is 18.0 Å². The number of hydrogen-bond acceptors (Lipinski definition) is 4. The van der Waals surface area contributed by atoms with E-state index in [1.54, 1.807) is 11.3 Å². The van der Waals surface area contributed by atoms with Gasteiger partial charge in [-0.15, -0.1) is 11.3 Å². The van der Waals surface area contributed by atoms with E-state index in [2.05, 4.69) is 6.92 Å². The molecular weight excluding hydrogens is 330 g/mol. The van der Waals surface area contributed by atoms with Gasteiger partial charge >= 0.3 is 0 Å². The molecule has 4 nitrogen and oxygen atoms in total. The first-order valence-corrected chi connectivity index (χ1v) is 9.50. The van der Waals surface area contributed by atoms with Crippen LogP contribution in [0, 0.1) is 5.92 Å². The summed E-state index contributed by atoms with van der Waals surface area (Å²) in [5, 5.41) is 2.94. The number of likely N-dealkylation sites (tertiary alicyclic amines) is 1. The zero-order valence-electron chi connectivity index (χ0n) is 14.2. The standard InChI is InChI=1S/C20H21N3OS/c1-13-9-14(11-21)12-23(13)20(24)16-10-18(19-7-4-8-25-19)22-17-6-3-2-5-15(16)17/h2-8,10,13-14H,9,11-12,21H2,1H3. The van der Waals surface area contributed by atoms with Crippen LogP contribution in [0.4, 0.5) is 0 Å². The number of carbonyl (C=O) groups is 1. The van der Waals surface area contributed by atoms with Gasteiger partial charge in [0.05, 0.1) is 21.7 Å². The van der Waals surface area contributed by atoms with E-state index in [4.69, 9.17) is 10.7 Å². The number of hydrogen-bond donors (Lipinski definition) is 1. The lowest BCUT2D eigenvalue weighted by molar-refractivity contribution is 0.0745. The van der Waals surface area contributed by atoms with E-state index >= 15 is 0 Å². The number of pyridine rings is 1. The van der Waals surface area contributed by atoms with E-state index in [0.717, 1.165) is 40.0 Å². The third-order valence-corrected chi connectivity index (χ3v) is 5.87.